The minimum Gasteiger partial charge on any atom is -0.492 e. The van der Waals surface area contributed by atoms with Gasteiger partial charge in [-0.2, -0.15) is 0 Å². The van der Waals surface area contributed by atoms with E-state index in [9.17, 15) is 22.8 Å². The molecule has 1 unspecified atom stereocenters. The van der Waals surface area contributed by atoms with Gasteiger partial charge in [-0.05, 0) is 75.3 Å². The highest BCUT2D eigenvalue weighted by Gasteiger charge is 2.36. The first-order valence-corrected chi connectivity index (χ1v) is 19.8. The van der Waals surface area contributed by atoms with Crippen molar-refractivity contribution in [1.82, 2.24) is 19.7 Å². The van der Waals surface area contributed by atoms with Crippen LogP contribution < -0.4 is 14.8 Å². The molecule has 0 bridgehead atoms. The predicted molar refractivity (Wildman–Crippen MR) is 204 cm³/mol. The van der Waals surface area contributed by atoms with Crippen molar-refractivity contribution in [2.45, 2.75) is 78.4 Å². The van der Waals surface area contributed by atoms with Crippen LogP contribution in [0.15, 0.2) is 36.4 Å². The van der Waals surface area contributed by atoms with Gasteiger partial charge in [0.2, 0.25) is 15.9 Å². The third kappa shape index (κ3) is 9.19. The lowest BCUT2D eigenvalue weighted by Crippen LogP contribution is -2.41. The Morgan fingerprint density at radius 2 is 1.65 bits per heavy atom. The number of rotatable bonds is 8. The zero-order valence-corrected chi connectivity index (χ0v) is 32.7. The van der Waals surface area contributed by atoms with Gasteiger partial charge in [0.15, 0.2) is 5.75 Å². The quantitative estimate of drug-likeness (QED) is 0.256. The molecule has 2 atom stereocenters. The Bertz CT molecular complexity index is 1930. The molecule has 13 nitrogen and oxygen atoms in total. The second-order valence-electron chi connectivity index (χ2n) is 16.0. The number of hydrogen-bond acceptors (Lipinski definition) is 8. The zero-order valence-electron chi connectivity index (χ0n) is 31.9. The summed E-state index contributed by atoms with van der Waals surface area (Å²) in [6.07, 6.45) is 2.15. The number of anilines is 2. The van der Waals surface area contributed by atoms with Crippen LogP contribution in [0.3, 0.4) is 0 Å². The van der Waals surface area contributed by atoms with Crippen molar-refractivity contribution in [3.63, 3.8) is 0 Å². The van der Waals surface area contributed by atoms with E-state index < -0.39 is 21.5 Å². The molecule has 2 aliphatic rings. The topological polar surface area (TPSA) is 153 Å². The second kappa shape index (κ2) is 15.0. The van der Waals surface area contributed by atoms with Crippen molar-refractivity contribution in [1.29, 1.82) is 0 Å². The lowest BCUT2D eigenvalue weighted by atomic mass is 9.86. The average molecular weight is 739 g/mol. The number of amides is 3. The molecule has 5 rings (SSSR count). The molecule has 1 aromatic heterocycles. The Morgan fingerprint density at radius 1 is 0.942 bits per heavy atom. The molecule has 284 valence electrons. The van der Waals surface area contributed by atoms with E-state index in [1.54, 1.807) is 17.0 Å². The summed E-state index contributed by atoms with van der Waals surface area (Å²) in [5.74, 6) is -0.330. The number of carbonyl (C=O) groups is 3. The van der Waals surface area contributed by atoms with Gasteiger partial charge >= 0.3 is 6.09 Å². The van der Waals surface area contributed by atoms with E-state index in [4.69, 9.17) is 9.47 Å². The number of hydrogen-bond donors (Lipinski definition) is 3. The molecule has 0 radical (unpaired) electrons. The fourth-order valence-corrected chi connectivity index (χ4v) is 7.50. The summed E-state index contributed by atoms with van der Waals surface area (Å²) in [5, 5.41) is 3.83. The summed E-state index contributed by atoms with van der Waals surface area (Å²) in [6, 6.07) is 11.3. The maximum absolute atomic E-state index is 13.8. The standard InChI is InChI=1S/C38H54N6O7S/c1-24(42-15-11-16-43(19-18-42)35(46)26-14-17-44(23-26)36(47)51-38(5,6)7)28-13-10-12-25-20-31(39-32(25)28)34(45)40-29-21-27(37(2,3)4)22-30(33(29)50-8)41-52(9,48)49/h10,12-13,20-22,24,26,39,41H,11,14-19,23H2,1-9H3,(H,40,45)/t24-,26?/m1/s1. The third-order valence-electron chi connectivity index (χ3n) is 9.66. The normalized spacial score (nSPS) is 18.2. The largest absolute Gasteiger partial charge is 0.492 e. The van der Waals surface area contributed by atoms with Crippen LogP contribution >= 0.6 is 0 Å². The number of benzene rings is 2. The van der Waals surface area contributed by atoms with Crippen molar-refractivity contribution in [3.8, 4) is 5.75 Å². The molecular weight excluding hydrogens is 685 g/mol. The molecule has 2 saturated heterocycles. The molecule has 14 heteroatoms. The van der Waals surface area contributed by atoms with Gasteiger partial charge in [0, 0.05) is 50.7 Å². The van der Waals surface area contributed by atoms with E-state index >= 15 is 0 Å². The van der Waals surface area contributed by atoms with E-state index in [1.807, 2.05) is 64.6 Å². The van der Waals surface area contributed by atoms with Crippen LogP contribution in [0.1, 0.15) is 89.0 Å². The number of aromatic amines is 1. The van der Waals surface area contributed by atoms with Gasteiger partial charge in [-0.25, -0.2) is 13.2 Å². The fourth-order valence-electron chi connectivity index (χ4n) is 6.94. The highest BCUT2D eigenvalue weighted by Crippen LogP contribution is 2.39. The lowest BCUT2D eigenvalue weighted by molar-refractivity contribution is -0.135. The number of likely N-dealkylation sites (tertiary alicyclic amines) is 1. The minimum atomic E-state index is -3.62. The molecule has 3 aromatic rings. The van der Waals surface area contributed by atoms with Crippen molar-refractivity contribution < 1.29 is 32.3 Å². The maximum atomic E-state index is 13.8. The molecule has 0 spiro atoms. The second-order valence-corrected chi connectivity index (χ2v) is 17.7. The number of carbonyl (C=O) groups excluding carboxylic acids is 3. The zero-order chi connectivity index (χ0) is 38.2. The lowest BCUT2D eigenvalue weighted by Gasteiger charge is -2.29. The number of para-hydroxylation sites is 1. The number of aromatic nitrogens is 1. The SMILES string of the molecule is COc1c(NC(=O)c2cc3cccc([C@@H](C)N4CCCN(C(=O)C5CCN(C(=O)OC(C)(C)C)C5)CC4)c3[nH]2)cc(C(C)(C)C)cc1NS(C)(=O)=O. The van der Waals surface area contributed by atoms with E-state index in [1.165, 1.54) is 7.11 Å². The molecule has 2 aromatic carbocycles. The molecule has 2 fully saturated rings. The summed E-state index contributed by atoms with van der Waals surface area (Å²) in [6.45, 7) is 17.3. The molecule has 0 aliphatic carbocycles. The first kappa shape index (κ1) is 38.9. The van der Waals surface area contributed by atoms with Gasteiger partial charge < -0.3 is 29.6 Å². The molecule has 3 N–H and O–H groups in total. The third-order valence-corrected chi connectivity index (χ3v) is 10.3. The molecule has 52 heavy (non-hydrogen) atoms. The Kier molecular flexibility index (Phi) is 11.2. The highest BCUT2D eigenvalue weighted by atomic mass is 32.2. The molecule has 2 aliphatic heterocycles. The first-order valence-electron chi connectivity index (χ1n) is 17.9. The summed E-state index contributed by atoms with van der Waals surface area (Å²) in [7, 11) is -2.19. The molecule has 3 amide bonds. The van der Waals surface area contributed by atoms with E-state index in [2.05, 4.69) is 32.9 Å². The average Bonchev–Trinajstić information content (AvgIpc) is 3.64. The van der Waals surface area contributed by atoms with Gasteiger partial charge in [0.05, 0.1) is 36.2 Å². The van der Waals surface area contributed by atoms with Crippen LogP contribution in [-0.4, -0.2) is 104 Å². The molecular formula is C38H54N6O7S. The van der Waals surface area contributed by atoms with Crippen molar-refractivity contribution in [3.05, 3.63) is 53.2 Å². The van der Waals surface area contributed by atoms with Gasteiger partial charge in [0.1, 0.15) is 11.3 Å². The predicted octanol–water partition coefficient (Wildman–Crippen LogP) is 5.95. The summed E-state index contributed by atoms with van der Waals surface area (Å²) in [5.41, 5.74) is 2.70. The number of sulfonamides is 1. The van der Waals surface area contributed by atoms with Crippen LogP contribution in [0.4, 0.5) is 16.2 Å². The smallest absolute Gasteiger partial charge is 0.410 e. The number of H-pyrrole nitrogens is 1. The maximum Gasteiger partial charge on any atom is 0.410 e. The highest BCUT2D eigenvalue weighted by molar-refractivity contribution is 7.92. The molecule has 3 heterocycles. The Hall–Kier alpha value is -4.30. The first-order chi connectivity index (χ1) is 24.2. The van der Waals surface area contributed by atoms with Crippen LogP contribution in [0.25, 0.3) is 10.9 Å². The fraction of sp³-hybridized carbons (Fsp3) is 0.553. The van der Waals surface area contributed by atoms with E-state index in [0.717, 1.165) is 41.3 Å². The van der Waals surface area contributed by atoms with Gasteiger partial charge in [0.25, 0.3) is 5.91 Å². The van der Waals surface area contributed by atoms with Crippen molar-refractivity contribution in [2.24, 2.45) is 5.92 Å². The van der Waals surface area contributed by atoms with Gasteiger partial charge in [-0.3, -0.25) is 19.2 Å². The Balaban J connectivity index is 1.30. The van der Waals surface area contributed by atoms with Crippen LogP contribution in [0, 0.1) is 5.92 Å². The number of nitrogens with zero attached hydrogens (tertiary/aromatic N) is 3. The number of fused-ring (bicyclic) bond motifs is 1. The monoisotopic (exact) mass is 738 g/mol. The van der Waals surface area contributed by atoms with Gasteiger partial charge in [-0.1, -0.05) is 39.0 Å². The van der Waals surface area contributed by atoms with Crippen molar-refractivity contribution in [2.75, 3.05) is 62.7 Å². The summed E-state index contributed by atoms with van der Waals surface area (Å²) in [4.78, 5) is 49.2. The number of nitrogens with one attached hydrogen (secondary N) is 3. The number of methoxy groups -OCH3 is 1. The van der Waals surface area contributed by atoms with E-state index in [0.29, 0.717) is 50.5 Å². The van der Waals surface area contributed by atoms with Crippen LogP contribution in [0.5, 0.6) is 5.75 Å². The van der Waals surface area contributed by atoms with Crippen LogP contribution in [0.2, 0.25) is 0 Å². The number of ether oxygens (including phenoxy) is 2. The summed E-state index contributed by atoms with van der Waals surface area (Å²) < 4.78 is 38.0. The Morgan fingerprint density at radius 3 is 2.31 bits per heavy atom. The van der Waals surface area contributed by atoms with Crippen LogP contribution in [-0.2, 0) is 25.0 Å². The van der Waals surface area contributed by atoms with E-state index in [-0.39, 0.29) is 40.8 Å². The van der Waals surface area contributed by atoms with Crippen molar-refractivity contribution >= 4 is 50.2 Å². The molecule has 0 saturated carbocycles. The summed E-state index contributed by atoms with van der Waals surface area (Å²) >= 11 is 0. The minimum absolute atomic E-state index is 0.00404. The van der Waals surface area contributed by atoms with Gasteiger partial charge in [-0.15, -0.1) is 0 Å². The Labute approximate surface area is 307 Å².